The van der Waals surface area contributed by atoms with Gasteiger partial charge in [0.05, 0.1) is 30.6 Å². The Balaban J connectivity index is 1.68. The first-order valence-electron chi connectivity index (χ1n) is 13.1. The Morgan fingerprint density at radius 3 is 2.44 bits per heavy atom. The molecular weight excluding hydrogens is 506 g/mol. The van der Waals surface area contributed by atoms with Crippen molar-refractivity contribution in [2.45, 2.75) is 46.2 Å². The van der Waals surface area contributed by atoms with E-state index in [0.29, 0.717) is 23.0 Å². The maximum Gasteiger partial charge on any atom is 0.224 e. The third-order valence-electron chi connectivity index (χ3n) is 7.47. The second kappa shape index (κ2) is 10.9. The van der Waals surface area contributed by atoms with Gasteiger partial charge in [-0.05, 0) is 75.0 Å². The fourth-order valence-electron chi connectivity index (χ4n) is 5.50. The maximum atomic E-state index is 12.1. The van der Waals surface area contributed by atoms with Crippen LogP contribution in [0.4, 0.5) is 11.4 Å². The molecule has 3 heterocycles. The van der Waals surface area contributed by atoms with Crippen LogP contribution in [0.15, 0.2) is 72.9 Å². The zero-order valence-corrected chi connectivity index (χ0v) is 23.7. The normalized spacial score (nSPS) is 16.7. The molecule has 200 valence electrons. The van der Waals surface area contributed by atoms with Crippen LogP contribution < -0.4 is 20.3 Å². The molecule has 1 saturated heterocycles. The van der Waals surface area contributed by atoms with Crippen LogP contribution in [0.2, 0.25) is 0 Å². The molecule has 0 radical (unpaired) electrons. The molecule has 1 aliphatic rings. The summed E-state index contributed by atoms with van der Waals surface area (Å²) in [6.07, 6.45) is 2.20. The predicted molar refractivity (Wildman–Crippen MR) is 160 cm³/mol. The van der Waals surface area contributed by atoms with Crippen LogP contribution in [0, 0.1) is 20.8 Å². The number of rotatable bonds is 7. The Bertz CT molecular complexity index is 1520. The summed E-state index contributed by atoms with van der Waals surface area (Å²) in [6.45, 7) is 8.33. The van der Waals surface area contributed by atoms with Crippen molar-refractivity contribution in [2.24, 2.45) is 0 Å². The molecular formula is C31H33N5O2S. The Morgan fingerprint density at radius 2 is 1.77 bits per heavy atom. The number of hydrogen-bond donors (Lipinski definition) is 2. The highest BCUT2D eigenvalue weighted by Crippen LogP contribution is 2.46. The molecule has 2 aromatic carbocycles. The largest absolute Gasteiger partial charge is 0.494 e. The van der Waals surface area contributed by atoms with Crippen molar-refractivity contribution in [3.63, 3.8) is 0 Å². The first-order chi connectivity index (χ1) is 18.8. The molecule has 0 aliphatic carbocycles. The SMILES string of the molecule is CCC(=O)Nc1ccc(N2C(=S)NC(c3ccccn3)C2c2c(C)c(C)n(-c3ccccc3)c2C)cc1OC. The molecule has 2 atom stereocenters. The molecule has 8 heteroatoms. The molecule has 2 aromatic heterocycles. The van der Waals surface area contributed by atoms with Gasteiger partial charge in [0, 0.05) is 47.0 Å². The standard InChI is InChI=1S/C31H33N5O2S/c1-6-27(37)33-24-16-15-23(18-26(24)38-5)36-30(29(34-31(36)39)25-14-10-11-17-32-25)28-19(2)20(3)35(21(28)4)22-12-8-7-9-13-22/h7-18,29-30H,6H2,1-5H3,(H,33,37)(H,34,39). The lowest BCUT2D eigenvalue weighted by atomic mass is 9.93. The average Bonchev–Trinajstić information content (AvgIpc) is 3.41. The average molecular weight is 540 g/mol. The highest BCUT2D eigenvalue weighted by molar-refractivity contribution is 7.80. The fraction of sp³-hybridized carbons (Fsp3) is 0.258. The van der Waals surface area contributed by atoms with Gasteiger partial charge in [-0.15, -0.1) is 0 Å². The van der Waals surface area contributed by atoms with Crippen molar-refractivity contribution >= 4 is 34.6 Å². The Morgan fingerprint density at radius 1 is 1.03 bits per heavy atom. The summed E-state index contributed by atoms with van der Waals surface area (Å²) in [6, 6.07) is 21.8. The summed E-state index contributed by atoms with van der Waals surface area (Å²) in [7, 11) is 1.60. The van der Waals surface area contributed by atoms with E-state index >= 15 is 0 Å². The Hall–Kier alpha value is -4.17. The predicted octanol–water partition coefficient (Wildman–Crippen LogP) is 6.33. The van der Waals surface area contributed by atoms with Gasteiger partial charge < -0.3 is 24.8 Å². The van der Waals surface area contributed by atoms with Crippen molar-refractivity contribution in [1.29, 1.82) is 0 Å². The number of benzene rings is 2. The third-order valence-corrected chi connectivity index (χ3v) is 7.79. The van der Waals surface area contributed by atoms with E-state index in [1.165, 1.54) is 16.8 Å². The molecule has 39 heavy (non-hydrogen) atoms. The first kappa shape index (κ1) is 26.4. The summed E-state index contributed by atoms with van der Waals surface area (Å²) < 4.78 is 7.99. The van der Waals surface area contributed by atoms with Crippen LogP contribution in [-0.2, 0) is 4.79 Å². The smallest absolute Gasteiger partial charge is 0.224 e. The number of hydrogen-bond acceptors (Lipinski definition) is 4. The minimum absolute atomic E-state index is 0.0727. The highest BCUT2D eigenvalue weighted by Gasteiger charge is 2.43. The van der Waals surface area contributed by atoms with E-state index in [9.17, 15) is 4.79 Å². The number of thiocarbonyl (C=S) groups is 1. The van der Waals surface area contributed by atoms with Crippen molar-refractivity contribution in [3.05, 3.63) is 101 Å². The lowest BCUT2D eigenvalue weighted by Gasteiger charge is -2.29. The Labute approximate surface area is 234 Å². The monoisotopic (exact) mass is 539 g/mol. The molecule has 1 fully saturated rings. The number of amides is 1. The Kier molecular flexibility index (Phi) is 7.39. The van der Waals surface area contributed by atoms with E-state index in [4.69, 9.17) is 21.9 Å². The second-order valence-electron chi connectivity index (χ2n) is 9.66. The lowest BCUT2D eigenvalue weighted by molar-refractivity contribution is -0.115. The van der Waals surface area contributed by atoms with Crippen LogP contribution in [0.5, 0.6) is 5.75 Å². The van der Waals surface area contributed by atoms with E-state index in [1.54, 1.807) is 7.11 Å². The highest BCUT2D eigenvalue weighted by atomic mass is 32.1. The van der Waals surface area contributed by atoms with Crippen LogP contribution in [0.1, 0.15) is 53.6 Å². The number of methoxy groups -OCH3 is 1. The van der Waals surface area contributed by atoms with Gasteiger partial charge in [-0.2, -0.15) is 0 Å². The molecule has 0 saturated carbocycles. The maximum absolute atomic E-state index is 12.1. The quantitative estimate of drug-likeness (QED) is 0.267. The van der Waals surface area contributed by atoms with E-state index in [2.05, 4.69) is 65.1 Å². The van der Waals surface area contributed by atoms with Crippen molar-refractivity contribution in [3.8, 4) is 11.4 Å². The molecule has 4 aromatic rings. The molecule has 2 unspecified atom stereocenters. The number of aromatic nitrogens is 2. The zero-order chi connectivity index (χ0) is 27.7. The van der Waals surface area contributed by atoms with E-state index in [1.807, 2.05) is 55.6 Å². The van der Waals surface area contributed by atoms with Crippen LogP contribution in [0.25, 0.3) is 5.69 Å². The van der Waals surface area contributed by atoms with E-state index in [0.717, 1.165) is 22.8 Å². The summed E-state index contributed by atoms with van der Waals surface area (Å²) in [5.41, 5.74) is 8.26. The summed E-state index contributed by atoms with van der Waals surface area (Å²) >= 11 is 5.97. The molecule has 0 spiro atoms. The van der Waals surface area contributed by atoms with Gasteiger partial charge in [0.1, 0.15) is 5.75 Å². The number of pyridine rings is 1. The summed E-state index contributed by atoms with van der Waals surface area (Å²) in [5.74, 6) is 0.500. The number of carbonyl (C=O) groups is 1. The number of anilines is 2. The van der Waals surface area contributed by atoms with Gasteiger partial charge >= 0.3 is 0 Å². The third kappa shape index (κ3) is 4.76. The number of carbonyl (C=O) groups excluding carboxylic acids is 1. The van der Waals surface area contributed by atoms with Crippen LogP contribution >= 0.6 is 12.2 Å². The number of ether oxygens (including phenoxy) is 1. The van der Waals surface area contributed by atoms with Crippen molar-refractivity contribution in [2.75, 3.05) is 17.3 Å². The number of para-hydroxylation sites is 1. The van der Waals surface area contributed by atoms with E-state index < -0.39 is 0 Å². The van der Waals surface area contributed by atoms with Gasteiger partial charge in [-0.25, -0.2) is 0 Å². The van der Waals surface area contributed by atoms with Gasteiger partial charge in [0.25, 0.3) is 0 Å². The van der Waals surface area contributed by atoms with Gasteiger partial charge in [0.15, 0.2) is 5.11 Å². The first-order valence-corrected chi connectivity index (χ1v) is 13.5. The summed E-state index contributed by atoms with van der Waals surface area (Å²) in [5, 5.41) is 7.08. The van der Waals surface area contributed by atoms with Gasteiger partial charge in [-0.1, -0.05) is 31.2 Å². The summed E-state index contributed by atoms with van der Waals surface area (Å²) in [4.78, 5) is 18.9. The van der Waals surface area contributed by atoms with Crippen LogP contribution in [-0.4, -0.2) is 27.7 Å². The lowest BCUT2D eigenvalue weighted by Crippen LogP contribution is -2.30. The zero-order valence-electron chi connectivity index (χ0n) is 22.9. The van der Waals surface area contributed by atoms with Crippen LogP contribution in [0.3, 0.4) is 0 Å². The number of nitrogens with one attached hydrogen (secondary N) is 2. The number of nitrogens with zero attached hydrogens (tertiary/aromatic N) is 3. The minimum atomic E-state index is -0.174. The van der Waals surface area contributed by atoms with E-state index in [-0.39, 0.29) is 18.0 Å². The fourth-order valence-corrected chi connectivity index (χ4v) is 5.85. The molecule has 5 rings (SSSR count). The molecule has 2 N–H and O–H groups in total. The molecule has 7 nitrogen and oxygen atoms in total. The van der Waals surface area contributed by atoms with Gasteiger partial charge in [0.2, 0.25) is 5.91 Å². The second-order valence-corrected chi connectivity index (χ2v) is 10.1. The van der Waals surface area contributed by atoms with Crippen molar-refractivity contribution in [1.82, 2.24) is 14.9 Å². The minimum Gasteiger partial charge on any atom is -0.494 e. The molecule has 1 aliphatic heterocycles. The van der Waals surface area contributed by atoms with Crippen molar-refractivity contribution < 1.29 is 9.53 Å². The topological polar surface area (TPSA) is 71.4 Å². The molecule has 1 amide bonds. The molecule has 0 bridgehead atoms. The van der Waals surface area contributed by atoms with Gasteiger partial charge in [-0.3, -0.25) is 9.78 Å².